The Morgan fingerprint density at radius 1 is 0.757 bits per heavy atom. The van der Waals surface area contributed by atoms with Gasteiger partial charge < -0.3 is 20.1 Å². The molecule has 0 saturated carbocycles. The molecular formula is C29H23ClN2O4S. The minimum absolute atomic E-state index is 0.161. The number of ether oxygens (including phenoxy) is 2. The first-order chi connectivity index (χ1) is 18.0. The van der Waals surface area contributed by atoms with Crippen LogP contribution in [0.4, 0.5) is 11.4 Å². The van der Waals surface area contributed by atoms with Crippen LogP contribution in [0.1, 0.15) is 21.2 Å². The summed E-state index contributed by atoms with van der Waals surface area (Å²) in [6, 6.07) is 29.1. The molecule has 0 radical (unpaired) electrons. The van der Waals surface area contributed by atoms with Crippen LogP contribution in [0.25, 0.3) is 0 Å². The number of halogens is 1. The van der Waals surface area contributed by atoms with Gasteiger partial charge in [0.25, 0.3) is 5.91 Å². The first-order valence-electron chi connectivity index (χ1n) is 11.6. The van der Waals surface area contributed by atoms with Crippen molar-refractivity contribution >= 4 is 46.6 Å². The monoisotopic (exact) mass is 530 g/mol. The van der Waals surface area contributed by atoms with E-state index in [2.05, 4.69) is 10.6 Å². The fourth-order valence-electron chi connectivity index (χ4n) is 3.82. The van der Waals surface area contributed by atoms with E-state index < -0.39 is 5.25 Å². The molecule has 2 amide bonds. The molecule has 0 spiro atoms. The molecule has 8 heteroatoms. The second-order valence-electron chi connectivity index (χ2n) is 8.25. The summed E-state index contributed by atoms with van der Waals surface area (Å²) < 4.78 is 11.2. The van der Waals surface area contributed by atoms with Crippen LogP contribution in [0.5, 0.6) is 11.5 Å². The van der Waals surface area contributed by atoms with Crippen LogP contribution in [0.15, 0.2) is 102 Å². The maximum absolute atomic E-state index is 13.4. The first kappa shape index (κ1) is 24.7. The highest BCUT2D eigenvalue weighted by Gasteiger charge is 2.23. The summed E-state index contributed by atoms with van der Waals surface area (Å²) in [4.78, 5) is 26.8. The van der Waals surface area contributed by atoms with Gasteiger partial charge >= 0.3 is 0 Å². The highest BCUT2D eigenvalue weighted by Crippen LogP contribution is 2.38. The van der Waals surface area contributed by atoms with Gasteiger partial charge in [0.05, 0.1) is 0 Å². The van der Waals surface area contributed by atoms with Crippen molar-refractivity contribution in [3.8, 4) is 11.5 Å². The van der Waals surface area contributed by atoms with Crippen molar-refractivity contribution in [3.05, 3.63) is 113 Å². The second-order valence-corrected chi connectivity index (χ2v) is 9.86. The van der Waals surface area contributed by atoms with E-state index in [0.29, 0.717) is 46.7 Å². The lowest BCUT2D eigenvalue weighted by Crippen LogP contribution is -2.20. The zero-order chi connectivity index (χ0) is 25.6. The van der Waals surface area contributed by atoms with E-state index in [9.17, 15) is 9.59 Å². The van der Waals surface area contributed by atoms with Crippen molar-refractivity contribution < 1.29 is 19.1 Å². The van der Waals surface area contributed by atoms with Crippen molar-refractivity contribution in [2.75, 3.05) is 23.8 Å². The molecule has 2 N–H and O–H groups in total. The lowest BCUT2D eigenvalue weighted by molar-refractivity contribution is -0.115. The molecule has 5 rings (SSSR count). The third-order valence-electron chi connectivity index (χ3n) is 5.60. The van der Waals surface area contributed by atoms with E-state index in [-0.39, 0.29) is 11.8 Å². The Morgan fingerprint density at radius 3 is 2.24 bits per heavy atom. The summed E-state index contributed by atoms with van der Waals surface area (Å²) in [6.45, 7) is 0.983. The molecule has 0 aromatic heterocycles. The number of thioether (sulfide) groups is 1. The lowest BCUT2D eigenvalue weighted by atomic mass is 10.1. The van der Waals surface area contributed by atoms with Crippen LogP contribution in [0.3, 0.4) is 0 Å². The van der Waals surface area contributed by atoms with Crippen LogP contribution < -0.4 is 20.1 Å². The number of hydrogen-bond donors (Lipinski definition) is 2. The van der Waals surface area contributed by atoms with Crippen LogP contribution in [-0.4, -0.2) is 25.0 Å². The highest BCUT2D eigenvalue weighted by atomic mass is 35.5. The maximum Gasteiger partial charge on any atom is 0.255 e. The van der Waals surface area contributed by atoms with E-state index in [1.54, 1.807) is 42.5 Å². The number of hydrogen-bond acceptors (Lipinski definition) is 5. The zero-order valence-electron chi connectivity index (χ0n) is 19.6. The van der Waals surface area contributed by atoms with E-state index in [4.69, 9.17) is 21.1 Å². The summed E-state index contributed by atoms with van der Waals surface area (Å²) >= 11 is 7.42. The van der Waals surface area contributed by atoms with E-state index in [1.165, 1.54) is 11.8 Å². The molecule has 1 unspecified atom stereocenters. The van der Waals surface area contributed by atoms with Crippen molar-refractivity contribution in [1.29, 1.82) is 0 Å². The van der Waals surface area contributed by atoms with Gasteiger partial charge in [0.1, 0.15) is 18.5 Å². The molecule has 0 aliphatic carbocycles. The highest BCUT2D eigenvalue weighted by molar-refractivity contribution is 8.00. The number of benzene rings is 4. The molecule has 0 bridgehead atoms. The smallest absolute Gasteiger partial charge is 0.255 e. The number of amides is 2. The average Bonchev–Trinajstić information content (AvgIpc) is 2.93. The third-order valence-corrected chi connectivity index (χ3v) is 7.10. The fraction of sp³-hybridized carbons (Fsp3) is 0.103. The minimum Gasteiger partial charge on any atom is -0.486 e. The van der Waals surface area contributed by atoms with E-state index in [0.717, 1.165) is 10.5 Å². The summed E-state index contributed by atoms with van der Waals surface area (Å²) in [6.07, 6.45) is 0. The molecule has 4 aromatic rings. The molecule has 6 nitrogen and oxygen atoms in total. The van der Waals surface area contributed by atoms with Gasteiger partial charge in [0.15, 0.2) is 11.5 Å². The molecular weight excluding hydrogens is 508 g/mol. The van der Waals surface area contributed by atoms with Gasteiger partial charge in [-0.15, -0.1) is 11.8 Å². The van der Waals surface area contributed by atoms with Crippen LogP contribution >= 0.6 is 23.4 Å². The van der Waals surface area contributed by atoms with Gasteiger partial charge in [-0.25, -0.2) is 0 Å². The SMILES string of the molecule is O=C(Nc1ccc(SC(C(=O)Nc2ccc3c(c2)OCCO3)c2ccccc2)cc1)c1cccc(Cl)c1. The number of carbonyl (C=O) groups excluding carboxylic acids is 2. The van der Waals surface area contributed by atoms with Gasteiger partial charge in [0.2, 0.25) is 5.91 Å². The van der Waals surface area contributed by atoms with Gasteiger partial charge in [-0.3, -0.25) is 9.59 Å². The predicted octanol–water partition coefficient (Wildman–Crippen LogP) is 6.84. The largest absolute Gasteiger partial charge is 0.486 e. The molecule has 0 fully saturated rings. The predicted molar refractivity (Wildman–Crippen MR) is 147 cm³/mol. The molecule has 1 heterocycles. The Hall–Kier alpha value is -3.94. The Kier molecular flexibility index (Phi) is 7.63. The standard InChI is InChI=1S/C29H23ClN2O4S/c30-21-8-4-7-20(17-21)28(33)31-22-9-12-24(13-10-22)37-27(19-5-2-1-3-6-19)29(34)32-23-11-14-25-26(18-23)36-16-15-35-25/h1-14,17-18,27H,15-16H2,(H,31,33)(H,32,34). The number of fused-ring (bicyclic) bond motifs is 1. The Labute approximate surface area is 223 Å². The Morgan fingerprint density at radius 2 is 1.49 bits per heavy atom. The minimum atomic E-state index is -0.499. The van der Waals surface area contributed by atoms with Gasteiger partial charge in [0, 0.05) is 32.9 Å². The number of carbonyl (C=O) groups is 2. The van der Waals surface area contributed by atoms with Crippen molar-refractivity contribution in [2.45, 2.75) is 10.1 Å². The van der Waals surface area contributed by atoms with Crippen LogP contribution in [0.2, 0.25) is 5.02 Å². The summed E-state index contributed by atoms with van der Waals surface area (Å²) in [5.41, 5.74) is 2.63. The quantitative estimate of drug-likeness (QED) is 0.256. The zero-order valence-corrected chi connectivity index (χ0v) is 21.2. The number of nitrogens with one attached hydrogen (secondary N) is 2. The van der Waals surface area contributed by atoms with Crippen LogP contribution in [0, 0.1) is 0 Å². The Balaban J connectivity index is 1.30. The summed E-state index contributed by atoms with van der Waals surface area (Å²) in [7, 11) is 0. The molecule has 186 valence electrons. The number of anilines is 2. The molecule has 1 aliphatic rings. The normalized spacial score (nSPS) is 12.9. The van der Waals surface area contributed by atoms with Crippen molar-refractivity contribution in [2.24, 2.45) is 0 Å². The van der Waals surface area contributed by atoms with Gasteiger partial charge in [-0.1, -0.05) is 48.0 Å². The average molecular weight is 531 g/mol. The van der Waals surface area contributed by atoms with Crippen molar-refractivity contribution in [1.82, 2.24) is 0 Å². The molecule has 1 aliphatic heterocycles. The van der Waals surface area contributed by atoms with Crippen LogP contribution in [-0.2, 0) is 4.79 Å². The summed E-state index contributed by atoms with van der Waals surface area (Å²) in [5.74, 6) is 0.874. The fourth-order valence-corrected chi connectivity index (χ4v) is 5.03. The Bertz CT molecular complexity index is 1410. The molecule has 0 saturated heterocycles. The molecule has 4 aromatic carbocycles. The molecule has 37 heavy (non-hydrogen) atoms. The third kappa shape index (κ3) is 6.25. The topological polar surface area (TPSA) is 76.7 Å². The lowest BCUT2D eigenvalue weighted by Gasteiger charge is -2.20. The second kappa shape index (κ2) is 11.4. The number of rotatable bonds is 7. The maximum atomic E-state index is 13.4. The summed E-state index contributed by atoms with van der Waals surface area (Å²) in [5, 5.41) is 5.88. The van der Waals surface area contributed by atoms with E-state index in [1.807, 2.05) is 54.6 Å². The first-order valence-corrected chi connectivity index (χ1v) is 12.9. The van der Waals surface area contributed by atoms with Gasteiger partial charge in [-0.2, -0.15) is 0 Å². The molecule has 1 atom stereocenters. The van der Waals surface area contributed by atoms with Gasteiger partial charge in [-0.05, 0) is 60.2 Å². The van der Waals surface area contributed by atoms with E-state index >= 15 is 0 Å². The van der Waals surface area contributed by atoms with Crippen molar-refractivity contribution in [3.63, 3.8) is 0 Å².